The van der Waals surface area contributed by atoms with E-state index < -0.39 is 0 Å². The molecule has 0 aliphatic rings. The van der Waals surface area contributed by atoms with Gasteiger partial charge in [-0.3, -0.25) is 9.67 Å². The van der Waals surface area contributed by atoms with Crippen molar-refractivity contribution in [3.8, 4) is 11.4 Å². The van der Waals surface area contributed by atoms with Gasteiger partial charge in [0.2, 0.25) is 0 Å². The van der Waals surface area contributed by atoms with Gasteiger partial charge in [-0.15, -0.1) is 12.4 Å². The van der Waals surface area contributed by atoms with E-state index >= 15 is 0 Å². The average molecular weight is 225 g/mol. The second-order valence-electron chi connectivity index (χ2n) is 3.10. The quantitative estimate of drug-likeness (QED) is 0.838. The highest BCUT2D eigenvalue weighted by Gasteiger charge is 2.08. The molecule has 5 heteroatoms. The van der Waals surface area contributed by atoms with Gasteiger partial charge in [0.15, 0.2) is 0 Å². The van der Waals surface area contributed by atoms with Crippen molar-refractivity contribution in [1.29, 1.82) is 0 Å². The molecule has 0 fully saturated rings. The first-order chi connectivity index (χ1) is 6.81. The van der Waals surface area contributed by atoms with Crippen molar-refractivity contribution >= 4 is 12.4 Å². The van der Waals surface area contributed by atoms with Gasteiger partial charge in [0.05, 0.1) is 5.69 Å². The van der Waals surface area contributed by atoms with E-state index in [9.17, 15) is 0 Å². The number of nitrogens with zero attached hydrogens (tertiary/aromatic N) is 3. The molecule has 0 radical (unpaired) electrons. The first-order valence-electron chi connectivity index (χ1n) is 4.45. The number of hydrogen-bond donors (Lipinski definition) is 1. The number of aryl methyl sites for hydroxylation is 1. The van der Waals surface area contributed by atoms with Crippen LogP contribution in [0.2, 0.25) is 0 Å². The van der Waals surface area contributed by atoms with Gasteiger partial charge in [0.25, 0.3) is 0 Å². The van der Waals surface area contributed by atoms with Crippen molar-refractivity contribution in [2.45, 2.75) is 6.54 Å². The van der Waals surface area contributed by atoms with Gasteiger partial charge in [0, 0.05) is 31.5 Å². The van der Waals surface area contributed by atoms with E-state index in [0.717, 1.165) is 17.0 Å². The highest BCUT2D eigenvalue weighted by atomic mass is 35.5. The molecule has 2 heterocycles. The van der Waals surface area contributed by atoms with Crippen LogP contribution in [0.3, 0.4) is 0 Å². The minimum absolute atomic E-state index is 0. The van der Waals surface area contributed by atoms with Crippen molar-refractivity contribution in [2.75, 3.05) is 0 Å². The van der Waals surface area contributed by atoms with Gasteiger partial charge in [0.1, 0.15) is 5.69 Å². The van der Waals surface area contributed by atoms with Crippen LogP contribution >= 0.6 is 12.4 Å². The van der Waals surface area contributed by atoms with Crippen molar-refractivity contribution < 1.29 is 0 Å². The van der Waals surface area contributed by atoms with Gasteiger partial charge in [-0.25, -0.2) is 0 Å². The second-order valence-corrected chi connectivity index (χ2v) is 3.10. The summed E-state index contributed by atoms with van der Waals surface area (Å²) in [6, 6.07) is 5.76. The molecule has 0 aliphatic carbocycles. The summed E-state index contributed by atoms with van der Waals surface area (Å²) >= 11 is 0. The summed E-state index contributed by atoms with van der Waals surface area (Å²) in [5.41, 5.74) is 8.38. The Balaban J connectivity index is 0.00000112. The monoisotopic (exact) mass is 224 g/mol. The lowest BCUT2D eigenvalue weighted by Crippen LogP contribution is -1.97. The molecule has 2 N–H and O–H groups in total. The summed E-state index contributed by atoms with van der Waals surface area (Å²) in [5, 5.41) is 4.33. The Kier molecular flexibility index (Phi) is 3.82. The predicted octanol–water partition coefficient (Wildman–Crippen LogP) is 1.36. The fourth-order valence-corrected chi connectivity index (χ4v) is 1.41. The van der Waals surface area contributed by atoms with Crippen LogP contribution in [-0.2, 0) is 13.6 Å². The summed E-state index contributed by atoms with van der Waals surface area (Å²) < 4.78 is 1.76. The second kappa shape index (κ2) is 4.91. The molecule has 0 saturated heterocycles. The normalized spacial score (nSPS) is 9.73. The molecule has 2 rings (SSSR count). The lowest BCUT2D eigenvalue weighted by atomic mass is 10.2. The zero-order chi connectivity index (χ0) is 9.97. The zero-order valence-electron chi connectivity index (χ0n) is 8.42. The summed E-state index contributed by atoms with van der Waals surface area (Å²) in [4.78, 5) is 4.24. The molecule has 15 heavy (non-hydrogen) atoms. The van der Waals surface area contributed by atoms with Gasteiger partial charge in [-0.1, -0.05) is 6.07 Å². The summed E-state index contributed by atoms with van der Waals surface area (Å²) in [7, 11) is 1.88. The molecule has 2 aromatic heterocycles. The number of pyridine rings is 1. The molecule has 0 bridgehead atoms. The minimum Gasteiger partial charge on any atom is -0.326 e. The van der Waals surface area contributed by atoms with Gasteiger partial charge >= 0.3 is 0 Å². The summed E-state index contributed by atoms with van der Waals surface area (Å²) in [5.74, 6) is 0. The van der Waals surface area contributed by atoms with Gasteiger partial charge in [-0.2, -0.15) is 5.10 Å². The van der Waals surface area contributed by atoms with Crippen molar-refractivity contribution in [3.63, 3.8) is 0 Å². The Morgan fingerprint density at radius 3 is 2.80 bits per heavy atom. The Morgan fingerprint density at radius 1 is 1.40 bits per heavy atom. The van der Waals surface area contributed by atoms with Gasteiger partial charge < -0.3 is 5.73 Å². The number of hydrogen-bond acceptors (Lipinski definition) is 3. The van der Waals surface area contributed by atoms with Crippen LogP contribution in [0.4, 0.5) is 0 Å². The maximum atomic E-state index is 5.62. The van der Waals surface area contributed by atoms with Crippen molar-refractivity contribution in [1.82, 2.24) is 14.8 Å². The number of rotatable bonds is 2. The molecule has 0 aromatic carbocycles. The fourth-order valence-electron chi connectivity index (χ4n) is 1.41. The van der Waals surface area contributed by atoms with E-state index in [4.69, 9.17) is 5.73 Å². The predicted molar refractivity (Wildman–Crippen MR) is 61.6 cm³/mol. The van der Waals surface area contributed by atoms with Crippen LogP contribution in [0.15, 0.2) is 30.6 Å². The fraction of sp³-hybridized carbons (Fsp3) is 0.200. The van der Waals surface area contributed by atoms with Gasteiger partial charge in [-0.05, 0) is 12.1 Å². The number of halogens is 1. The van der Waals surface area contributed by atoms with Crippen LogP contribution in [0, 0.1) is 0 Å². The molecule has 0 unspecified atom stereocenters. The molecule has 0 spiro atoms. The molecule has 4 nitrogen and oxygen atoms in total. The summed E-state index contributed by atoms with van der Waals surface area (Å²) in [6.45, 7) is 0.486. The van der Waals surface area contributed by atoms with E-state index in [1.165, 1.54) is 0 Å². The highest BCUT2D eigenvalue weighted by molar-refractivity contribution is 5.85. The smallest absolute Gasteiger partial charge is 0.115 e. The third kappa shape index (κ3) is 2.34. The molecular formula is C10H13ClN4. The van der Waals surface area contributed by atoms with Crippen LogP contribution in [0.5, 0.6) is 0 Å². The third-order valence-corrected chi connectivity index (χ3v) is 2.03. The molecular weight excluding hydrogens is 212 g/mol. The van der Waals surface area contributed by atoms with E-state index in [-0.39, 0.29) is 12.4 Å². The summed E-state index contributed by atoms with van der Waals surface area (Å²) in [6.07, 6.45) is 3.67. The van der Waals surface area contributed by atoms with Crippen molar-refractivity contribution in [2.24, 2.45) is 12.8 Å². The Morgan fingerprint density at radius 2 is 2.20 bits per heavy atom. The lowest BCUT2D eigenvalue weighted by Gasteiger charge is -1.97. The number of aromatic nitrogens is 3. The van der Waals surface area contributed by atoms with E-state index in [1.807, 2.05) is 31.4 Å². The standard InChI is InChI=1S/C10H12N4.ClH/c1-14-7-8(6-11)10(13-14)9-4-2-3-5-12-9;/h2-5,7H,6,11H2,1H3;1H. The zero-order valence-corrected chi connectivity index (χ0v) is 9.24. The van der Waals surface area contributed by atoms with E-state index in [0.29, 0.717) is 6.54 Å². The van der Waals surface area contributed by atoms with Crippen LogP contribution in [0.1, 0.15) is 5.56 Å². The highest BCUT2D eigenvalue weighted by Crippen LogP contribution is 2.18. The lowest BCUT2D eigenvalue weighted by molar-refractivity contribution is 0.769. The Labute approximate surface area is 94.5 Å². The van der Waals surface area contributed by atoms with Crippen LogP contribution in [0.25, 0.3) is 11.4 Å². The molecule has 0 saturated carbocycles. The first kappa shape index (κ1) is 11.7. The van der Waals surface area contributed by atoms with Crippen LogP contribution in [-0.4, -0.2) is 14.8 Å². The van der Waals surface area contributed by atoms with E-state index in [2.05, 4.69) is 10.1 Å². The molecule has 2 aromatic rings. The van der Waals surface area contributed by atoms with Crippen LogP contribution < -0.4 is 5.73 Å². The van der Waals surface area contributed by atoms with E-state index in [1.54, 1.807) is 10.9 Å². The van der Waals surface area contributed by atoms with Crippen molar-refractivity contribution in [3.05, 3.63) is 36.2 Å². The maximum absolute atomic E-state index is 5.62. The third-order valence-electron chi connectivity index (χ3n) is 2.03. The molecule has 0 atom stereocenters. The number of nitrogens with two attached hydrogens (primary N) is 1. The topological polar surface area (TPSA) is 56.7 Å². The Hall–Kier alpha value is -1.39. The SMILES string of the molecule is Cl.Cn1cc(CN)c(-c2ccccn2)n1. The average Bonchev–Trinajstić information content (AvgIpc) is 2.61. The Bertz CT molecular complexity index is 424. The maximum Gasteiger partial charge on any atom is 0.115 e. The molecule has 80 valence electrons. The molecule has 0 amide bonds. The first-order valence-corrected chi connectivity index (χ1v) is 4.45. The molecule has 0 aliphatic heterocycles. The largest absolute Gasteiger partial charge is 0.326 e. The minimum atomic E-state index is 0.